The molecule has 1 fully saturated rings. The third kappa shape index (κ3) is 7.92. The first-order valence-corrected chi connectivity index (χ1v) is 11.4. The van der Waals surface area contributed by atoms with E-state index in [-0.39, 0.29) is 36.7 Å². The second-order valence-electron chi connectivity index (χ2n) is 8.12. The zero-order valence-corrected chi connectivity index (χ0v) is 19.1. The van der Waals surface area contributed by atoms with Crippen molar-refractivity contribution in [2.45, 2.75) is 25.3 Å². The van der Waals surface area contributed by atoms with Crippen molar-refractivity contribution < 1.29 is 28.3 Å². The predicted molar refractivity (Wildman–Crippen MR) is 128 cm³/mol. The van der Waals surface area contributed by atoms with Gasteiger partial charge in [0.15, 0.2) is 19.0 Å². The Labute approximate surface area is 202 Å². The standard InChI is InChI=1S/C26H27N3O6/c30-24(16-35-22-4-1-3-20(15-22)29-26(32)23-5-2-14-33-23)27-13-12-18-6-10-21(11-7-18)34-17-25(31)28-19-8-9-19/h1-7,10-11,14-15,19H,8-9,12-13,16-17H2,(H,27,30)(H,28,31)(H,29,32). The molecule has 1 heterocycles. The van der Waals surface area contributed by atoms with Gasteiger partial charge in [-0.3, -0.25) is 14.4 Å². The summed E-state index contributed by atoms with van der Waals surface area (Å²) in [6, 6.07) is 17.7. The fraction of sp³-hybridized carbons (Fsp3) is 0.269. The first-order chi connectivity index (χ1) is 17.0. The molecule has 0 spiro atoms. The Morgan fingerprint density at radius 1 is 0.886 bits per heavy atom. The summed E-state index contributed by atoms with van der Waals surface area (Å²) in [5.74, 6) is 0.555. The molecule has 9 heteroatoms. The largest absolute Gasteiger partial charge is 0.484 e. The number of ether oxygens (including phenoxy) is 2. The van der Waals surface area contributed by atoms with Crippen LogP contribution in [0.2, 0.25) is 0 Å². The Morgan fingerprint density at radius 2 is 1.66 bits per heavy atom. The van der Waals surface area contributed by atoms with Gasteiger partial charge in [0.25, 0.3) is 17.7 Å². The van der Waals surface area contributed by atoms with Crippen LogP contribution in [0.1, 0.15) is 29.0 Å². The van der Waals surface area contributed by atoms with Gasteiger partial charge in [-0.25, -0.2) is 0 Å². The van der Waals surface area contributed by atoms with Crippen molar-refractivity contribution in [2.75, 3.05) is 25.1 Å². The van der Waals surface area contributed by atoms with Gasteiger partial charge >= 0.3 is 0 Å². The van der Waals surface area contributed by atoms with E-state index in [1.54, 1.807) is 36.4 Å². The molecule has 4 rings (SSSR count). The van der Waals surface area contributed by atoms with Crippen LogP contribution in [-0.2, 0) is 16.0 Å². The van der Waals surface area contributed by atoms with Crippen molar-refractivity contribution in [1.29, 1.82) is 0 Å². The molecule has 0 unspecified atom stereocenters. The van der Waals surface area contributed by atoms with Crippen LogP contribution in [0, 0.1) is 0 Å². The van der Waals surface area contributed by atoms with Crippen LogP contribution in [0.5, 0.6) is 11.5 Å². The monoisotopic (exact) mass is 477 g/mol. The molecule has 35 heavy (non-hydrogen) atoms. The lowest BCUT2D eigenvalue weighted by Gasteiger charge is -2.10. The van der Waals surface area contributed by atoms with Gasteiger partial charge in [0.05, 0.1) is 6.26 Å². The summed E-state index contributed by atoms with van der Waals surface area (Å²) < 4.78 is 16.1. The van der Waals surface area contributed by atoms with Crippen molar-refractivity contribution in [2.24, 2.45) is 0 Å². The average Bonchev–Trinajstić information content (AvgIpc) is 3.49. The van der Waals surface area contributed by atoms with Gasteiger partial charge in [0.1, 0.15) is 11.5 Å². The van der Waals surface area contributed by atoms with Crippen LogP contribution in [-0.4, -0.2) is 43.5 Å². The van der Waals surface area contributed by atoms with Crippen LogP contribution >= 0.6 is 0 Å². The van der Waals surface area contributed by atoms with Crippen molar-refractivity contribution in [3.05, 3.63) is 78.3 Å². The highest BCUT2D eigenvalue weighted by molar-refractivity contribution is 6.02. The molecule has 0 bridgehead atoms. The fourth-order valence-electron chi connectivity index (χ4n) is 3.21. The molecule has 3 aromatic rings. The number of hydrogen-bond donors (Lipinski definition) is 3. The molecule has 1 saturated carbocycles. The maximum absolute atomic E-state index is 12.1. The number of carbonyl (C=O) groups is 3. The smallest absolute Gasteiger partial charge is 0.291 e. The SMILES string of the molecule is O=C(COc1cccc(NC(=O)c2ccco2)c1)NCCc1ccc(OCC(=O)NC2CC2)cc1. The van der Waals surface area contributed by atoms with Gasteiger partial charge in [-0.1, -0.05) is 18.2 Å². The molecule has 0 saturated heterocycles. The molecule has 1 aromatic heterocycles. The highest BCUT2D eigenvalue weighted by atomic mass is 16.5. The summed E-state index contributed by atoms with van der Waals surface area (Å²) in [5.41, 5.74) is 1.56. The van der Waals surface area contributed by atoms with Gasteiger partial charge in [-0.15, -0.1) is 0 Å². The van der Waals surface area contributed by atoms with E-state index in [2.05, 4.69) is 16.0 Å². The molecule has 9 nitrogen and oxygen atoms in total. The fourth-order valence-corrected chi connectivity index (χ4v) is 3.21. The van der Waals surface area contributed by atoms with Crippen molar-refractivity contribution in [3.63, 3.8) is 0 Å². The topological polar surface area (TPSA) is 119 Å². The second kappa shape index (κ2) is 11.7. The van der Waals surface area contributed by atoms with E-state index in [4.69, 9.17) is 13.9 Å². The number of anilines is 1. The zero-order chi connectivity index (χ0) is 24.5. The Hall–Kier alpha value is -4.27. The van der Waals surface area contributed by atoms with Crippen molar-refractivity contribution in [1.82, 2.24) is 10.6 Å². The number of carbonyl (C=O) groups excluding carboxylic acids is 3. The maximum atomic E-state index is 12.1. The molecule has 0 atom stereocenters. The predicted octanol–water partition coefficient (Wildman–Crippen LogP) is 2.93. The molecule has 3 N–H and O–H groups in total. The summed E-state index contributed by atoms with van der Waals surface area (Å²) >= 11 is 0. The normalized spacial score (nSPS) is 12.5. The average molecular weight is 478 g/mol. The van der Waals surface area contributed by atoms with E-state index in [0.717, 1.165) is 18.4 Å². The quantitative estimate of drug-likeness (QED) is 0.369. The Kier molecular flexibility index (Phi) is 8.00. The minimum absolute atomic E-state index is 0.00512. The third-order valence-corrected chi connectivity index (χ3v) is 5.18. The summed E-state index contributed by atoms with van der Waals surface area (Å²) in [6.07, 6.45) is 4.16. The maximum Gasteiger partial charge on any atom is 0.291 e. The molecular formula is C26H27N3O6. The van der Waals surface area contributed by atoms with E-state index in [1.165, 1.54) is 6.26 Å². The number of rotatable bonds is 12. The molecule has 2 aromatic carbocycles. The Morgan fingerprint density at radius 3 is 2.40 bits per heavy atom. The van der Waals surface area contributed by atoms with Crippen LogP contribution in [0.4, 0.5) is 5.69 Å². The van der Waals surface area contributed by atoms with E-state index in [1.807, 2.05) is 24.3 Å². The first-order valence-electron chi connectivity index (χ1n) is 11.4. The van der Waals surface area contributed by atoms with Crippen LogP contribution in [0.15, 0.2) is 71.3 Å². The van der Waals surface area contributed by atoms with E-state index < -0.39 is 0 Å². The van der Waals surface area contributed by atoms with E-state index in [9.17, 15) is 14.4 Å². The lowest BCUT2D eigenvalue weighted by atomic mass is 10.1. The first kappa shape index (κ1) is 23.9. The summed E-state index contributed by atoms with van der Waals surface area (Å²) in [5, 5.41) is 8.40. The van der Waals surface area contributed by atoms with Gasteiger partial charge in [-0.05, 0) is 61.2 Å². The molecule has 1 aliphatic rings. The zero-order valence-electron chi connectivity index (χ0n) is 19.1. The van der Waals surface area contributed by atoms with Crippen LogP contribution in [0.3, 0.4) is 0 Å². The van der Waals surface area contributed by atoms with Gasteiger partial charge < -0.3 is 29.8 Å². The second-order valence-corrected chi connectivity index (χ2v) is 8.12. The highest BCUT2D eigenvalue weighted by Gasteiger charge is 2.23. The Balaban J connectivity index is 1.13. The minimum atomic E-state index is -0.372. The highest BCUT2D eigenvalue weighted by Crippen LogP contribution is 2.19. The number of nitrogens with one attached hydrogen (secondary N) is 3. The lowest BCUT2D eigenvalue weighted by molar-refractivity contribution is -0.123. The number of amides is 3. The van der Waals surface area contributed by atoms with Gasteiger partial charge in [0, 0.05) is 24.3 Å². The number of benzene rings is 2. The summed E-state index contributed by atoms with van der Waals surface area (Å²) in [7, 11) is 0. The lowest BCUT2D eigenvalue weighted by Crippen LogP contribution is -2.30. The van der Waals surface area contributed by atoms with Crippen LogP contribution < -0.4 is 25.4 Å². The van der Waals surface area contributed by atoms with Gasteiger partial charge in [0.2, 0.25) is 0 Å². The van der Waals surface area contributed by atoms with Crippen molar-refractivity contribution >= 4 is 23.4 Å². The molecule has 3 amide bonds. The molecule has 0 aliphatic heterocycles. The molecule has 0 radical (unpaired) electrons. The summed E-state index contributed by atoms with van der Waals surface area (Å²) in [6.45, 7) is 0.307. The van der Waals surface area contributed by atoms with Crippen molar-refractivity contribution in [3.8, 4) is 11.5 Å². The van der Waals surface area contributed by atoms with Crippen LogP contribution in [0.25, 0.3) is 0 Å². The molecular weight excluding hydrogens is 450 g/mol. The van der Waals surface area contributed by atoms with E-state index in [0.29, 0.717) is 36.2 Å². The van der Waals surface area contributed by atoms with Gasteiger partial charge in [-0.2, -0.15) is 0 Å². The van der Waals surface area contributed by atoms with E-state index >= 15 is 0 Å². The minimum Gasteiger partial charge on any atom is -0.484 e. The number of furan rings is 1. The molecule has 1 aliphatic carbocycles. The molecule has 182 valence electrons. The third-order valence-electron chi connectivity index (χ3n) is 5.18. The summed E-state index contributed by atoms with van der Waals surface area (Å²) in [4.78, 5) is 35.9. The Bertz CT molecular complexity index is 1140. The number of hydrogen-bond acceptors (Lipinski definition) is 6.